The summed E-state index contributed by atoms with van der Waals surface area (Å²) in [6.45, 7) is 1.97. The molecule has 140 valence electrons. The fourth-order valence-electron chi connectivity index (χ4n) is 3.54. The van der Waals surface area contributed by atoms with Crippen molar-refractivity contribution in [3.05, 3.63) is 52.8 Å². The molecule has 27 heavy (non-hydrogen) atoms. The molecule has 0 aliphatic carbocycles. The summed E-state index contributed by atoms with van der Waals surface area (Å²) in [7, 11) is 1.90. The van der Waals surface area contributed by atoms with E-state index < -0.39 is 5.91 Å². The molecule has 4 rings (SSSR count). The monoisotopic (exact) mass is 368 g/mol. The first kappa shape index (κ1) is 17.5. The minimum Gasteiger partial charge on any atom is -0.372 e. The second kappa shape index (κ2) is 7.00. The molecule has 2 aromatic carbocycles. The van der Waals surface area contributed by atoms with Crippen molar-refractivity contribution in [3.63, 3.8) is 0 Å². The number of nitrogens with one attached hydrogen (secondary N) is 3. The van der Waals surface area contributed by atoms with Gasteiger partial charge in [0.15, 0.2) is 0 Å². The van der Waals surface area contributed by atoms with Crippen molar-refractivity contribution < 1.29 is 14.0 Å². The number of amides is 2. The molecule has 3 N–H and O–H groups in total. The van der Waals surface area contributed by atoms with Crippen LogP contribution in [0.1, 0.15) is 27.9 Å². The van der Waals surface area contributed by atoms with E-state index in [9.17, 15) is 14.0 Å². The Balaban J connectivity index is 1.60. The largest absolute Gasteiger partial charge is 0.372 e. The van der Waals surface area contributed by atoms with Crippen LogP contribution in [0, 0.1) is 5.82 Å². The van der Waals surface area contributed by atoms with Gasteiger partial charge in [0, 0.05) is 32.1 Å². The molecule has 2 amide bonds. The predicted octanol–water partition coefficient (Wildman–Crippen LogP) is 2.50. The molecular formula is C20H21FN4O2. The zero-order valence-electron chi connectivity index (χ0n) is 15.1. The normalized spacial score (nSPS) is 16.1. The summed E-state index contributed by atoms with van der Waals surface area (Å²) in [4.78, 5) is 26.5. The molecule has 0 saturated heterocycles. The van der Waals surface area contributed by atoms with Crippen LogP contribution in [0.25, 0.3) is 0 Å². The van der Waals surface area contributed by atoms with Crippen LogP contribution in [0.2, 0.25) is 0 Å². The molecule has 0 radical (unpaired) electrons. The quantitative estimate of drug-likeness (QED) is 0.762. The molecule has 7 heteroatoms. The Labute approximate surface area is 156 Å². The number of hydrogen-bond donors (Lipinski definition) is 3. The molecule has 0 atom stereocenters. The second-order valence-electron chi connectivity index (χ2n) is 6.90. The third-order valence-electron chi connectivity index (χ3n) is 5.07. The molecule has 0 saturated carbocycles. The van der Waals surface area contributed by atoms with Gasteiger partial charge in [0.25, 0.3) is 5.91 Å². The smallest absolute Gasteiger partial charge is 0.255 e. The van der Waals surface area contributed by atoms with E-state index in [0.717, 1.165) is 17.8 Å². The number of fused-ring (bicyclic) bond motifs is 2. The summed E-state index contributed by atoms with van der Waals surface area (Å²) >= 11 is 0. The van der Waals surface area contributed by atoms with Crippen LogP contribution in [0.4, 0.5) is 21.5 Å². The van der Waals surface area contributed by atoms with Gasteiger partial charge in [-0.3, -0.25) is 9.59 Å². The lowest BCUT2D eigenvalue weighted by Crippen LogP contribution is -2.25. The fraction of sp³-hybridized carbons (Fsp3) is 0.300. The summed E-state index contributed by atoms with van der Waals surface area (Å²) < 4.78 is 14.8. The second-order valence-corrected chi connectivity index (χ2v) is 6.90. The summed E-state index contributed by atoms with van der Waals surface area (Å²) in [5.74, 6) is -0.871. The first-order valence-corrected chi connectivity index (χ1v) is 9.00. The molecule has 2 heterocycles. The molecule has 0 bridgehead atoms. The lowest BCUT2D eigenvalue weighted by Gasteiger charge is -2.20. The maximum atomic E-state index is 14.8. The van der Waals surface area contributed by atoms with Gasteiger partial charge in [-0.25, -0.2) is 4.39 Å². The number of carbonyl (C=O) groups is 2. The van der Waals surface area contributed by atoms with Gasteiger partial charge >= 0.3 is 0 Å². The van der Waals surface area contributed by atoms with Gasteiger partial charge in [0.1, 0.15) is 5.82 Å². The van der Waals surface area contributed by atoms with Crippen molar-refractivity contribution in [2.24, 2.45) is 0 Å². The van der Waals surface area contributed by atoms with Crippen LogP contribution in [-0.4, -0.2) is 32.0 Å². The molecule has 0 fully saturated rings. The van der Waals surface area contributed by atoms with Gasteiger partial charge in [-0.15, -0.1) is 0 Å². The SMILES string of the molecule is CN1CCC(=O)Nc2cc(C(=O)Nc3ccc4c(c3F)CCNC4)ccc21. The third-order valence-corrected chi connectivity index (χ3v) is 5.07. The van der Waals surface area contributed by atoms with Crippen LogP contribution in [0.3, 0.4) is 0 Å². The van der Waals surface area contributed by atoms with Crippen LogP contribution in [0.15, 0.2) is 30.3 Å². The van der Waals surface area contributed by atoms with Crippen molar-refractivity contribution in [1.29, 1.82) is 0 Å². The average Bonchev–Trinajstić information content (AvgIpc) is 2.82. The van der Waals surface area contributed by atoms with Crippen molar-refractivity contribution in [3.8, 4) is 0 Å². The third kappa shape index (κ3) is 3.38. The van der Waals surface area contributed by atoms with Crippen molar-refractivity contribution in [1.82, 2.24) is 5.32 Å². The van der Waals surface area contributed by atoms with E-state index in [-0.39, 0.29) is 17.4 Å². The summed E-state index contributed by atoms with van der Waals surface area (Å²) in [5.41, 5.74) is 3.56. The highest BCUT2D eigenvalue weighted by Gasteiger charge is 2.20. The van der Waals surface area contributed by atoms with E-state index in [4.69, 9.17) is 0 Å². The van der Waals surface area contributed by atoms with Gasteiger partial charge < -0.3 is 20.9 Å². The van der Waals surface area contributed by atoms with E-state index in [2.05, 4.69) is 16.0 Å². The topological polar surface area (TPSA) is 73.5 Å². The highest BCUT2D eigenvalue weighted by Crippen LogP contribution is 2.30. The highest BCUT2D eigenvalue weighted by atomic mass is 19.1. The van der Waals surface area contributed by atoms with E-state index in [1.165, 1.54) is 0 Å². The van der Waals surface area contributed by atoms with E-state index in [0.29, 0.717) is 42.7 Å². The zero-order valence-corrected chi connectivity index (χ0v) is 15.1. The van der Waals surface area contributed by atoms with E-state index in [1.807, 2.05) is 18.0 Å². The number of anilines is 3. The van der Waals surface area contributed by atoms with Gasteiger partial charge in [-0.2, -0.15) is 0 Å². The summed E-state index contributed by atoms with van der Waals surface area (Å²) in [5, 5.41) is 8.69. The highest BCUT2D eigenvalue weighted by molar-refractivity contribution is 6.06. The van der Waals surface area contributed by atoms with E-state index >= 15 is 0 Å². The Hall–Kier alpha value is -2.93. The van der Waals surface area contributed by atoms with Crippen molar-refractivity contribution >= 4 is 28.9 Å². The van der Waals surface area contributed by atoms with E-state index in [1.54, 1.807) is 24.3 Å². The minimum absolute atomic E-state index is 0.0903. The number of hydrogen-bond acceptors (Lipinski definition) is 4. The molecule has 2 aromatic rings. The Kier molecular flexibility index (Phi) is 4.53. The Morgan fingerprint density at radius 1 is 1.22 bits per heavy atom. The summed E-state index contributed by atoms with van der Waals surface area (Å²) in [6.07, 6.45) is 0.990. The van der Waals surface area contributed by atoms with Crippen LogP contribution in [-0.2, 0) is 17.8 Å². The maximum Gasteiger partial charge on any atom is 0.255 e. The zero-order chi connectivity index (χ0) is 19.0. The molecule has 2 aliphatic heterocycles. The summed E-state index contributed by atoms with van der Waals surface area (Å²) in [6, 6.07) is 8.54. The molecular weight excluding hydrogens is 347 g/mol. The number of benzene rings is 2. The Morgan fingerprint density at radius 2 is 2.07 bits per heavy atom. The van der Waals surface area contributed by atoms with Crippen LogP contribution in [0.5, 0.6) is 0 Å². The average molecular weight is 368 g/mol. The standard InChI is InChI=1S/C20H21FN4O2/c1-25-9-7-18(26)23-16-10-12(3-5-17(16)25)20(27)24-15-4-2-13-11-22-8-6-14(13)19(15)21/h2-5,10,22H,6-9,11H2,1H3,(H,23,26)(H,24,27). The molecule has 0 aromatic heterocycles. The lowest BCUT2D eigenvalue weighted by molar-refractivity contribution is -0.115. The molecule has 0 spiro atoms. The first-order valence-electron chi connectivity index (χ1n) is 9.00. The predicted molar refractivity (Wildman–Crippen MR) is 103 cm³/mol. The van der Waals surface area contributed by atoms with Gasteiger partial charge in [0.2, 0.25) is 5.91 Å². The Bertz CT molecular complexity index is 928. The Morgan fingerprint density at radius 3 is 2.93 bits per heavy atom. The first-order chi connectivity index (χ1) is 13.0. The molecule has 2 aliphatic rings. The fourth-order valence-corrected chi connectivity index (χ4v) is 3.54. The van der Waals surface area contributed by atoms with Crippen molar-refractivity contribution in [2.45, 2.75) is 19.4 Å². The molecule has 6 nitrogen and oxygen atoms in total. The van der Waals surface area contributed by atoms with Crippen LogP contribution >= 0.6 is 0 Å². The van der Waals surface area contributed by atoms with Gasteiger partial charge in [0.05, 0.1) is 17.1 Å². The van der Waals surface area contributed by atoms with Gasteiger partial charge in [-0.05, 0) is 48.4 Å². The molecule has 0 unspecified atom stereocenters. The van der Waals surface area contributed by atoms with Crippen LogP contribution < -0.4 is 20.9 Å². The number of rotatable bonds is 2. The number of halogens is 1. The maximum absolute atomic E-state index is 14.8. The lowest BCUT2D eigenvalue weighted by atomic mass is 9.99. The number of nitrogens with zero attached hydrogens (tertiary/aromatic N) is 1. The number of carbonyl (C=O) groups excluding carboxylic acids is 2. The van der Waals surface area contributed by atoms with Crippen molar-refractivity contribution in [2.75, 3.05) is 35.7 Å². The van der Waals surface area contributed by atoms with Gasteiger partial charge in [-0.1, -0.05) is 6.07 Å². The minimum atomic E-state index is -0.410.